The lowest BCUT2D eigenvalue weighted by atomic mass is 10.1. The Labute approximate surface area is 177 Å². The molecule has 0 fully saturated rings. The zero-order valence-electron chi connectivity index (χ0n) is 14.3. The average Bonchev–Trinajstić information content (AvgIpc) is 2.63. The van der Waals surface area contributed by atoms with E-state index in [-0.39, 0.29) is 38.5 Å². The SMILES string of the molecule is COc1ccc(Br)c(OC)c1C(=O)NC(=O)Nc1c(Cl)cc([N+](=O)[O-])cc1Cl. The van der Waals surface area contributed by atoms with Gasteiger partial charge in [-0.25, -0.2) is 4.79 Å². The van der Waals surface area contributed by atoms with Crippen LogP contribution in [0.5, 0.6) is 11.5 Å². The highest BCUT2D eigenvalue weighted by Crippen LogP contribution is 2.36. The average molecular weight is 493 g/mol. The maximum absolute atomic E-state index is 12.6. The van der Waals surface area contributed by atoms with Gasteiger partial charge in [-0.05, 0) is 28.1 Å². The molecule has 12 heteroatoms. The Morgan fingerprint density at radius 1 is 1.14 bits per heavy atom. The topological polar surface area (TPSA) is 120 Å². The number of urea groups is 1. The summed E-state index contributed by atoms with van der Waals surface area (Å²) < 4.78 is 10.8. The first-order valence-corrected chi connectivity index (χ1v) is 8.90. The molecule has 2 rings (SSSR count). The molecule has 2 aromatic carbocycles. The highest BCUT2D eigenvalue weighted by atomic mass is 79.9. The molecule has 0 atom stereocenters. The third-order valence-corrected chi connectivity index (χ3v) is 4.65. The lowest BCUT2D eigenvalue weighted by Gasteiger charge is -2.15. The van der Waals surface area contributed by atoms with Gasteiger partial charge in [-0.2, -0.15) is 0 Å². The van der Waals surface area contributed by atoms with Gasteiger partial charge in [0, 0.05) is 12.1 Å². The number of carbonyl (C=O) groups excluding carboxylic acids is 2. The molecule has 0 unspecified atom stereocenters. The summed E-state index contributed by atoms with van der Waals surface area (Å²) in [5.41, 5.74) is -0.455. The number of hydrogen-bond acceptors (Lipinski definition) is 6. The molecule has 0 radical (unpaired) electrons. The molecular weight excluding hydrogens is 481 g/mol. The number of benzene rings is 2. The van der Waals surface area contributed by atoms with Crippen molar-refractivity contribution in [1.29, 1.82) is 0 Å². The standard InChI is InChI=1S/C16H12BrCl2N3O6/c1-27-11-4-3-8(17)14(28-2)12(11)15(23)21-16(24)20-13-9(18)5-7(22(25)26)6-10(13)19/h3-6H,1-2H3,(H2,20,21,23,24). The van der Waals surface area contributed by atoms with Crippen LogP contribution in [0.1, 0.15) is 10.4 Å². The molecule has 9 nitrogen and oxygen atoms in total. The van der Waals surface area contributed by atoms with Crippen LogP contribution in [0.4, 0.5) is 16.2 Å². The molecule has 148 valence electrons. The molecule has 2 N–H and O–H groups in total. The van der Waals surface area contributed by atoms with Crippen molar-refractivity contribution in [2.75, 3.05) is 19.5 Å². The number of nitro groups is 1. The molecule has 0 heterocycles. The Morgan fingerprint density at radius 3 is 2.25 bits per heavy atom. The van der Waals surface area contributed by atoms with Gasteiger partial charge in [0.15, 0.2) is 0 Å². The van der Waals surface area contributed by atoms with Crippen molar-refractivity contribution in [1.82, 2.24) is 5.32 Å². The van der Waals surface area contributed by atoms with Crippen molar-refractivity contribution in [3.05, 3.63) is 54.5 Å². The normalized spacial score (nSPS) is 10.2. The van der Waals surface area contributed by atoms with E-state index in [1.165, 1.54) is 20.3 Å². The van der Waals surface area contributed by atoms with Gasteiger partial charge in [0.05, 0.1) is 39.3 Å². The number of imide groups is 1. The van der Waals surface area contributed by atoms with Gasteiger partial charge >= 0.3 is 6.03 Å². The predicted molar refractivity (Wildman–Crippen MR) is 107 cm³/mol. The number of methoxy groups -OCH3 is 2. The maximum Gasteiger partial charge on any atom is 0.326 e. The minimum atomic E-state index is -0.966. The predicted octanol–water partition coefficient (Wildman–Crippen LogP) is 4.64. The van der Waals surface area contributed by atoms with E-state index < -0.39 is 16.9 Å². The first kappa shape index (κ1) is 21.7. The molecule has 0 aliphatic heterocycles. The Morgan fingerprint density at radius 2 is 1.75 bits per heavy atom. The van der Waals surface area contributed by atoms with Crippen molar-refractivity contribution in [3.8, 4) is 11.5 Å². The summed E-state index contributed by atoms with van der Waals surface area (Å²) in [5, 5.41) is 14.8. The summed E-state index contributed by atoms with van der Waals surface area (Å²) in [6.07, 6.45) is 0. The first-order chi connectivity index (χ1) is 13.2. The molecule has 28 heavy (non-hydrogen) atoms. The van der Waals surface area contributed by atoms with Gasteiger partial charge in [0.1, 0.15) is 17.1 Å². The van der Waals surface area contributed by atoms with Gasteiger partial charge in [0.25, 0.3) is 11.6 Å². The van der Waals surface area contributed by atoms with Crippen molar-refractivity contribution < 1.29 is 24.0 Å². The number of nitrogens with one attached hydrogen (secondary N) is 2. The molecule has 0 aromatic heterocycles. The number of non-ortho nitro benzene ring substituents is 1. The second kappa shape index (κ2) is 9.09. The Balaban J connectivity index is 2.27. The quantitative estimate of drug-likeness (QED) is 0.463. The van der Waals surface area contributed by atoms with E-state index >= 15 is 0 Å². The van der Waals surface area contributed by atoms with Crippen LogP contribution in [-0.4, -0.2) is 31.1 Å². The van der Waals surface area contributed by atoms with E-state index in [1.807, 2.05) is 0 Å². The Hall–Kier alpha value is -2.56. The van der Waals surface area contributed by atoms with E-state index in [0.29, 0.717) is 4.47 Å². The van der Waals surface area contributed by atoms with Crippen LogP contribution in [0, 0.1) is 10.1 Å². The number of halogens is 3. The fourth-order valence-electron chi connectivity index (χ4n) is 2.22. The van der Waals surface area contributed by atoms with E-state index in [1.54, 1.807) is 6.07 Å². The van der Waals surface area contributed by atoms with Crippen molar-refractivity contribution in [2.45, 2.75) is 0 Å². The fraction of sp³-hybridized carbons (Fsp3) is 0.125. The molecule has 0 saturated carbocycles. The number of anilines is 1. The molecule has 2 aromatic rings. The first-order valence-electron chi connectivity index (χ1n) is 7.35. The van der Waals surface area contributed by atoms with Crippen LogP contribution < -0.4 is 20.1 Å². The van der Waals surface area contributed by atoms with Crippen molar-refractivity contribution in [2.24, 2.45) is 0 Å². The number of ether oxygens (including phenoxy) is 2. The molecule has 0 bridgehead atoms. The monoisotopic (exact) mass is 491 g/mol. The minimum absolute atomic E-state index is 0.0181. The van der Waals surface area contributed by atoms with Crippen LogP contribution in [0.3, 0.4) is 0 Å². The smallest absolute Gasteiger partial charge is 0.326 e. The van der Waals surface area contributed by atoms with E-state index in [2.05, 4.69) is 26.6 Å². The highest BCUT2D eigenvalue weighted by Gasteiger charge is 2.23. The van der Waals surface area contributed by atoms with Crippen LogP contribution in [0.2, 0.25) is 10.0 Å². The number of nitro benzene ring substituents is 1. The summed E-state index contributed by atoms with van der Waals surface area (Å²) in [6, 6.07) is 4.21. The van der Waals surface area contributed by atoms with Crippen molar-refractivity contribution >= 4 is 62.4 Å². The number of carbonyl (C=O) groups is 2. The van der Waals surface area contributed by atoms with Crippen molar-refractivity contribution in [3.63, 3.8) is 0 Å². The van der Waals surface area contributed by atoms with E-state index in [9.17, 15) is 19.7 Å². The number of amides is 3. The number of hydrogen-bond donors (Lipinski definition) is 2. The van der Waals surface area contributed by atoms with E-state index in [4.69, 9.17) is 32.7 Å². The number of nitrogens with zero attached hydrogens (tertiary/aromatic N) is 1. The zero-order valence-corrected chi connectivity index (χ0v) is 17.4. The van der Waals surface area contributed by atoms with Gasteiger partial charge in [-0.3, -0.25) is 20.2 Å². The third-order valence-electron chi connectivity index (χ3n) is 3.43. The zero-order chi connectivity index (χ0) is 21.0. The highest BCUT2D eigenvalue weighted by molar-refractivity contribution is 9.10. The Kier molecular flexibility index (Phi) is 7.05. The Bertz CT molecular complexity index is 947. The molecule has 3 amide bonds. The van der Waals surface area contributed by atoms with Crippen LogP contribution in [0.25, 0.3) is 0 Å². The van der Waals surface area contributed by atoms with Gasteiger partial charge in [-0.15, -0.1) is 0 Å². The largest absolute Gasteiger partial charge is 0.496 e. The number of rotatable bonds is 5. The summed E-state index contributed by atoms with van der Waals surface area (Å²) in [5.74, 6) is -0.477. The van der Waals surface area contributed by atoms with Gasteiger partial charge in [0.2, 0.25) is 0 Å². The van der Waals surface area contributed by atoms with Gasteiger partial charge < -0.3 is 14.8 Å². The molecular formula is C16H12BrCl2N3O6. The lowest BCUT2D eigenvalue weighted by Crippen LogP contribution is -2.35. The molecule has 0 aliphatic rings. The third kappa shape index (κ3) is 4.64. The van der Waals surface area contributed by atoms with Crippen LogP contribution >= 0.6 is 39.1 Å². The molecule has 0 saturated heterocycles. The van der Waals surface area contributed by atoms with Gasteiger partial charge in [-0.1, -0.05) is 23.2 Å². The summed E-state index contributed by atoms with van der Waals surface area (Å²) in [6.45, 7) is 0. The second-order valence-corrected chi connectivity index (χ2v) is 6.78. The van der Waals surface area contributed by atoms with E-state index in [0.717, 1.165) is 12.1 Å². The molecule has 0 spiro atoms. The molecule has 0 aliphatic carbocycles. The maximum atomic E-state index is 12.6. The van der Waals surface area contributed by atoms with Crippen LogP contribution in [0.15, 0.2) is 28.7 Å². The minimum Gasteiger partial charge on any atom is -0.496 e. The second-order valence-electron chi connectivity index (χ2n) is 5.11. The summed E-state index contributed by atoms with van der Waals surface area (Å²) in [7, 11) is 2.71. The lowest BCUT2D eigenvalue weighted by molar-refractivity contribution is -0.384. The fourth-order valence-corrected chi connectivity index (χ4v) is 3.28. The van der Waals surface area contributed by atoms with Crippen LogP contribution in [-0.2, 0) is 0 Å². The summed E-state index contributed by atoms with van der Waals surface area (Å²) in [4.78, 5) is 34.9. The summed E-state index contributed by atoms with van der Waals surface area (Å²) >= 11 is 15.1.